The molecule has 116 valence electrons. The van der Waals surface area contributed by atoms with Gasteiger partial charge in [0.25, 0.3) is 0 Å². The number of hydrogen-bond acceptors (Lipinski definition) is 4. The number of anilines is 1. The van der Waals surface area contributed by atoms with Crippen LogP contribution in [0, 0.1) is 12.7 Å². The fourth-order valence-electron chi connectivity index (χ4n) is 2.63. The van der Waals surface area contributed by atoms with Gasteiger partial charge in [0.15, 0.2) is 0 Å². The first kappa shape index (κ1) is 14.6. The summed E-state index contributed by atoms with van der Waals surface area (Å²) in [5.41, 5.74) is 0.758. The maximum atomic E-state index is 13.2. The third-order valence-electron chi connectivity index (χ3n) is 3.81. The molecule has 0 N–H and O–H groups in total. The van der Waals surface area contributed by atoms with Crippen LogP contribution in [0.25, 0.3) is 0 Å². The van der Waals surface area contributed by atoms with E-state index in [4.69, 9.17) is 4.42 Å². The first-order valence-electron chi connectivity index (χ1n) is 7.30. The van der Waals surface area contributed by atoms with Gasteiger partial charge in [-0.2, -0.15) is 0 Å². The molecule has 0 atom stereocenters. The Labute approximate surface area is 128 Å². The summed E-state index contributed by atoms with van der Waals surface area (Å²) < 4.78 is 18.6. The van der Waals surface area contributed by atoms with Crippen molar-refractivity contribution in [3.63, 3.8) is 0 Å². The number of carbonyl (C=O) groups excluding carboxylic acids is 1. The summed E-state index contributed by atoms with van der Waals surface area (Å²) >= 11 is 0. The van der Waals surface area contributed by atoms with Crippen molar-refractivity contribution < 1.29 is 13.6 Å². The second kappa shape index (κ2) is 6.17. The Morgan fingerprint density at radius 2 is 2.05 bits per heavy atom. The SMILES string of the molecule is Cc1ccc(CC(=O)N2CCN(c3cncc(F)c3)CC2)o1. The summed E-state index contributed by atoms with van der Waals surface area (Å²) in [6.45, 7) is 4.45. The molecule has 1 saturated heterocycles. The van der Waals surface area contributed by atoms with Crippen LogP contribution in [-0.2, 0) is 11.2 Å². The van der Waals surface area contributed by atoms with Crippen LogP contribution < -0.4 is 4.90 Å². The molecule has 2 aromatic rings. The minimum atomic E-state index is -0.343. The van der Waals surface area contributed by atoms with Gasteiger partial charge in [-0.1, -0.05) is 0 Å². The predicted octanol–water partition coefficient (Wildman–Crippen LogP) is 2.01. The smallest absolute Gasteiger partial charge is 0.230 e. The molecule has 1 aliphatic heterocycles. The normalized spacial score (nSPS) is 15.2. The van der Waals surface area contributed by atoms with Crippen molar-refractivity contribution in [3.05, 3.63) is 47.9 Å². The molecule has 1 amide bonds. The molecule has 0 unspecified atom stereocenters. The number of aromatic nitrogens is 1. The molecule has 0 saturated carbocycles. The number of hydrogen-bond donors (Lipinski definition) is 0. The molecular formula is C16H18FN3O2. The monoisotopic (exact) mass is 303 g/mol. The number of nitrogens with zero attached hydrogens (tertiary/aromatic N) is 3. The third kappa shape index (κ3) is 3.27. The van der Waals surface area contributed by atoms with Crippen LogP contribution in [0.2, 0.25) is 0 Å². The number of aryl methyl sites for hydroxylation is 1. The van der Waals surface area contributed by atoms with Crippen molar-refractivity contribution in [1.82, 2.24) is 9.88 Å². The van der Waals surface area contributed by atoms with Crippen LogP contribution in [0.1, 0.15) is 11.5 Å². The Balaban J connectivity index is 1.56. The van der Waals surface area contributed by atoms with Gasteiger partial charge in [-0.25, -0.2) is 4.39 Å². The van der Waals surface area contributed by atoms with Gasteiger partial charge in [0, 0.05) is 32.2 Å². The highest BCUT2D eigenvalue weighted by molar-refractivity contribution is 5.78. The van der Waals surface area contributed by atoms with E-state index in [9.17, 15) is 9.18 Å². The highest BCUT2D eigenvalue weighted by Crippen LogP contribution is 2.17. The van der Waals surface area contributed by atoms with Crippen LogP contribution in [0.5, 0.6) is 0 Å². The zero-order chi connectivity index (χ0) is 15.5. The molecule has 1 fully saturated rings. The van der Waals surface area contributed by atoms with E-state index >= 15 is 0 Å². The number of furan rings is 1. The number of carbonyl (C=O) groups is 1. The Kier molecular flexibility index (Phi) is 4.09. The van der Waals surface area contributed by atoms with E-state index in [1.165, 1.54) is 12.3 Å². The summed E-state index contributed by atoms with van der Waals surface area (Å²) in [5, 5.41) is 0. The molecule has 6 heteroatoms. The number of halogens is 1. The second-order valence-electron chi connectivity index (χ2n) is 5.42. The highest BCUT2D eigenvalue weighted by atomic mass is 19.1. The van der Waals surface area contributed by atoms with E-state index in [0.717, 1.165) is 11.4 Å². The molecule has 3 rings (SSSR count). The Morgan fingerprint density at radius 3 is 2.68 bits per heavy atom. The molecule has 2 aromatic heterocycles. The Morgan fingerprint density at radius 1 is 1.27 bits per heavy atom. The van der Waals surface area contributed by atoms with Crippen molar-refractivity contribution in [1.29, 1.82) is 0 Å². The molecule has 0 aliphatic carbocycles. The van der Waals surface area contributed by atoms with Crippen LogP contribution >= 0.6 is 0 Å². The lowest BCUT2D eigenvalue weighted by Gasteiger charge is -2.35. The Bertz CT molecular complexity index is 663. The van der Waals surface area contributed by atoms with E-state index in [2.05, 4.69) is 4.98 Å². The quantitative estimate of drug-likeness (QED) is 0.870. The van der Waals surface area contributed by atoms with Crippen molar-refractivity contribution in [2.45, 2.75) is 13.3 Å². The van der Waals surface area contributed by atoms with Gasteiger partial charge in [-0.3, -0.25) is 9.78 Å². The van der Waals surface area contributed by atoms with Crippen LogP contribution in [0.4, 0.5) is 10.1 Å². The average molecular weight is 303 g/mol. The molecule has 1 aliphatic rings. The molecular weight excluding hydrogens is 285 g/mol. The zero-order valence-corrected chi connectivity index (χ0v) is 12.5. The lowest BCUT2D eigenvalue weighted by Crippen LogP contribution is -2.49. The van der Waals surface area contributed by atoms with E-state index in [-0.39, 0.29) is 18.1 Å². The minimum Gasteiger partial charge on any atom is -0.466 e. The summed E-state index contributed by atoms with van der Waals surface area (Å²) in [5.74, 6) is 1.22. The first-order valence-corrected chi connectivity index (χ1v) is 7.30. The second-order valence-corrected chi connectivity index (χ2v) is 5.42. The van der Waals surface area contributed by atoms with Gasteiger partial charge in [0.05, 0.1) is 24.5 Å². The van der Waals surface area contributed by atoms with E-state index in [1.54, 1.807) is 6.20 Å². The maximum absolute atomic E-state index is 13.2. The lowest BCUT2D eigenvalue weighted by atomic mass is 10.2. The van der Waals surface area contributed by atoms with Gasteiger partial charge in [-0.05, 0) is 19.1 Å². The number of amides is 1. The van der Waals surface area contributed by atoms with Crippen LogP contribution in [0.15, 0.2) is 35.0 Å². The zero-order valence-electron chi connectivity index (χ0n) is 12.5. The van der Waals surface area contributed by atoms with Crippen molar-refractivity contribution in [2.24, 2.45) is 0 Å². The minimum absolute atomic E-state index is 0.0615. The summed E-state index contributed by atoms with van der Waals surface area (Å²) in [6.07, 6.45) is 3.12. The standard InChI is InChI=1S/C16H18FN3O2/c1-12-2-3-15(22-12)9-16(21)20-6-4-19(5-7-20)14-8-13(17)10-18-11-14/h2-3,8,10-11H,4-7,9H2,1H3. The summed E-state index contributed by atoms with van der Waals surface area (Å²) in [4.78, 5) is 20.0. The number of rotatable bonds is 3. The van der Waals surface area contributed by atoms with Crippen LogP contribution in [0.3, 0.4) is 0 Å². The van der Waals surface area contributed by atoms with Crippen molar-refractivity contribution >= 4 is 11.6 Å². The molecule has 5 nitrogen and oxygen atoms in total. The van der Waals surface area contributed by atoms with Crippen molar-refractivity contribution in [2.75, 3.05) is 31.1 Å². The average Bonchev–Trinajstić information content (AvgIpc) is 2.92. The largest absolute Gasteiger partial charge is 0.466 e. The topological polar surface area (TPSA) is 49.6 Å². The van der Waals surface area contributed by atoms with Gasteiger partial charge in [0.1, 0.15) is 17.3 Å². The number of pyridine rings is 1. The van der Waals surface area contributed by atoms with E-state index in [0.29, 0.717) is 31.9 Å². The fraction of sp³-hybridized carbons (Fsp3) is 0.375. The molecule has 22 heavy (non-hydrogen) atoms. The van der Waals surface area contributed by atoms with E-state index in [1.807, 2.05) is 28.9 Å². The maximum Gasteiger partial charge on any atom is 0.230 e. The molecule has 0 spiro atoms. The highest BCUT2D eigenvalue weighted by Gasteiger charge is 2.22. The molecule has 3 heterocycles. The summed E-state index contributed by atoms with van der Waals surface area (Å²) in [7, 11) is 0. The lowest BCUT2D eigenvalue weighted by molar-refractivity contribution is -0.131. The van der Waals surface area contributed by atoms with Gasteiger partial charge < -0.3 is 14.2 Å². The van der Waals surface area contributed by atoms with Crippen molar-refractivity contribution in [3.8, 4) is 0 Å². The summed E-state index contributed by atoms with van der Waals surface area (Å²) in [6, 6.07) is 5.16. The van der Waals surface area contributed by atoms with E-state index < -0.39 is 0 Å². The molecule has 0 aromatic carbocycles. The molecule has 0 bridgehead atoms. The van der Waals surface area contributed by atoms with Gasteiger partial charge in [0.2, 0.25) is 5.91 Å². The number of piperazine rings is 1. The van der Waals surface area contributed by atoms with Crippen LogP contribution in [-0.4, -0.2) is 42.0 Å². The van der Waals surface area contributed by atoms with Gasteiger partial charge >= 0.3 is 0 Å². The van der Waals surface area contributed by atoms with Gasteiger partial charge in [-0.15, -0.1) is 0 Å². The fourth-order valence-corrected chi connectivity index (χ4v) is 2.63. The molecule has 0 radical (unpaired) electrons. The Hall–Kier alpha value is -2.37. The first-order chi connectivity index (χ1) is 10.6. The third-order valence-corrected chi connectivity index (χ3v) is 3.81. The predicted molar refractivity (Wildman–Crippen MR) is 80.1 cm³/mol.